The smallest absolute Gasteiger partial charge is 0.197 e. The van der Waals surface area contributed by atoms with Crippen LogP contribution in [-0.4, -0.2) is 15.4 Å². The van der Waals surface area contributed by atoms with Crippen LogP contribution in [0.3, 0.4) is 0 Å². The second kappa shape index (κ2) is 5.34. The first-order valence-corrected chi connectivity index (χ1v) is 7.23. The minimum absolute atomic E-state index is 0.0171. The van der Waals surface area contributed by atoms with Gasteiger partial charge in [0.25, 0.3) is 0 Å². The normalized spacial score (nSPS) is 11.2. The van der Waals surface area contributed by atoms with E-state index < -0.39 is 0 Å². The van der Waals surface area contributed by atoms with E-state index in [1.165, 1.54) is 0 Å². The van der Waals surface area contributed by atoms with Gasteiger partial charge in [0, 0.05) is 16.8 Å². The molecule has 0 saturated carbocycles. The van der Waals surface area contributed by atoms with Crippen LogP contribution in [0.5, 0.6) is 0 Å². The number of halogens is 1. The van der Waals surface area contributed by atoms with Crippen LogP contribution in [0.25, 0.3) is 5.52 Å². The average Bonchev–Trinajstić information content (AvgIpc) is 2.87. The summed E-state index contributed by atoms with van der Waals surface area (Å²) in [7, 11) is 0. The number of rotatable bonds is 3. The van der Waals surface area contributed by atoms with Gasteiger partial charge in [-0.3, -0.25) is 4.79 Å². The lowest BCUT2D eigenvalue weighted by atomic mass is 9.97. The molecule has 0 aliphatic carbocycles. The SMILES string of the molecule is CC(C)c1nn2ccccc2c1C(=O)c1ccc(Cl)cc1. The molecule has 0 spiro atoms. The molecule has 0 unspecified atom stereocenters. The molecule has 0 fully saturated rings. The van der Waals surface area contributed by atoms with Gasteiger partial charge in [0.1, 0.15) is 0 Å². The first-order valence-electron chi connectivity index (χ1n) is 6.85. The van der Waals surface area contributed by atoms with Crippen molar-refractivity contribution in [1.29, 1.82) is 0 Å². The van der Waals surface area contributed by atoms with Crippen molar-refractivity contribution in [3.05, 3.63) is 70.5 Å². The molecule has 0 bridgehead atoms. The summed E-state index contributed by atoms with van der Waals surface area (Å²) in [4.78, 5) is 12.9. The van der Waals surface area contributed by atoms with E-state index in [-0.39, 0.29) is 11.7 Å². The van der Waals surface area contributed by atoms with Crippen LogP contribution in [-0.2, 0) is 0 Å². The zero-order valence-corrected chi connectivity index (χ0v) is 12.6. The highest BCUT2D eigenvalue weighted by molar-refractivity contribution is 6.30. The van der Waals surface area contributed by atoms with Gasteiger partial charge >= 0.3 is 0 Å². The van der Waals surface area contributed by atoms with Crippen molar-refractivity contribution in [3.8, 4) is 0 Å². The standard InChI is InChI=1S/C17H15ClN2O/c1-11(2)16-15(14-5-3-4-10-20(14)19-16)17(21)12-6-8-13(18)9-7-12/h3-11H,1-2H3. The molecule has 1 aromatic carbocycles. The van der Waals surface area contributed by atoms with Crippen molar-refractivity contribution in [1.82, 2.24) is 9.61 Å². The highest BCUT2D eigenvalue weighted by Crippen LogP contribution is 2.25. The Balaban J connectivity index is 2.20. The van der Waals surface area contributed by atoms with E-state index in [4.69, 9.17) is 11.6 Å². The van der Waals surface area contributed by atoms with Gasteiger partial charge in [-0.25, -0.2) is 4.52 Å². The molecular formula is C17H15ClN2O. The fourth-order valence-electron chi connectivity index (χ4n) is 2.40. The van der Waals surface area contributed by atoms with Gasteiger partial charge in [0.2, 0.25) is 0 Å². The Bertz CT molecular complexity index is 803. The van der Waals surface area contributed by atoms with Crippen molar-refractivity contribution in [2.75, 3.05) is 0 Å². The van der Waals surface area contributed by atoms with E-state index in [1.54, 1.807) is 28.8 Å². The molecule has 3 rings (SSSR count). The Morgan fingerprint density at radius 3 is 2.52 bits per heavy atom. The van der Waals surface area contributed by atoms with Crippen molar-refractivity contribution in [2.45, 2.75) is 19.8 Å². The topological polar surface area (TPSA) is 34.4 Å². The van der Waals surface area contributed by atoms with Crippen molar-refractivity contribution >= 4 is 22.9 Å². The van der Waals surface area contributed by atoms with E-state index in [0.29, 0.717) is 16.1 Å². The monoisotopic (exact) mass is 298 g/mol. The van der Waals surface area contributed by atoms with E-state index >= 15 is 0 Å². The molecule has 106 valence electrons. The summed E-state index contributed by atoms with van der Waals surface area (Å²) in [5.74, 6) is 0.160. The Hall–Kier alpha value is -2.13. The summed E-state index contributed by atoms with van der Waals surface area (Å²) in [5, 5.41) is 5.17. The molecule has 2 heterocycles. The van der Waals surface area contributed by atoms with E-state index in [2.05, 4.69) is 5.10 Å². The second-order valence-corrected chi connectivity index (χ2v) is 5.72. The molecule has 2 aromatic heterocycles. The van der Waals surface area contributed by atoms with Crippen molar-refractivity contribution < 1.29 is 4.79 Å². The lowest BCUT2D eigenvalue weighted by Gasteiger charge is -2.05. The third-order valence-electron chi connectivity index (χ3n) is 3.45. The Kier molecular flexibility index (Phi) is 3.52. The molecule has 0 N–H and O–H groups in total. The van der Waals surface area contributed by atoms with E-state index in [1.807, 2.05) is 38.2 Å². The molecule has 0 aliphatic rings. The summed E-state index contributed by atoms with van der Waals surface area (Å²) in [6.45, 7) is 4.08. The minimum atomic E-state index is -0.0171. The summed E-state index contributed by atoms with van der Waals surface area (Å²) in [6, 6.07) is 12.7. The molecule has 0 amide bonds. The predicted molar refractivity (Wildman–Crippen MR) is 84.2 cm³/mol. The van der Waals surface area contributed by atoms with Crippen LogP contribution in [0.15, 0.2) is 48.7 Å². The molecule has 0 saturated heterocycles. The van der Waals surface area contributed by atoms with E-state index in [9.17, 15) is 4.79 Å². The number of fused-ring (bicyclic) bond motifs is 1. The average molecular weight is 299 g/mol. The third kappa shape index (κ3) is 2.45. The largest absolute Gasteiger partial charge is 0.288 e. The number of hydrogen-bond donors (Lipinski definition) is 0. The maximum atomic E-state index is 12.9. The molecular weight excluding hydrogens is 284 g/mol. The molecule has 3 nitrogen and oxygen atoms in total. The molecule has 3 aromatic rings. The van der Waals surface area contributed by atoms with Gasteiger partial charge in [-0.15, -0.1) is 0 Å². The Morgan fingerprint density at radius 2 is 1.86 bits per heavy atom. The summed E-state index contributed by atoms with van der Waals surface area (Å²) in [6.07, 6.45) is 1.86. The number of pyridine rings is 1. The lowest BCUT2D eigenvalue weighted by molar-refractivity contribution is 0.103. The van der Waals surface area contributed by atoms with E-state index in [0.717, 1.165) is 11.2 Å². The summed E-state index contributed by atoms with van der Waals surface area (Å²) in [5.41, 5.74) is 2.95. The predicted octanol–water partition coefficient (Wildman–Crippen LogP) is 4.34. The van der Waals surface area contributed by atoms with Crippen molar-refractivity contribution in [2.24, 2.45) is 0 Å². The Morgan fingerprint density at radius 1 is 1.14 bits per heavy atom. The molecule has 0 atom stereocenters. The third-order valence-corrected chi connectivity index (χ3v) is 3.70. The highest BCUT2D eigenvalue weighted by atomic mass is 35.5. The maximum Gasteiger partial charge on any atom is 0.197 e. The fraction of sp³-hybridized carbons (Fsp3) is 0.176. The zero-order valence-electron chi connectivity index (χ0n) is 11.9. The van der Waals surface area contributed by atoms with Crippen LogP contribution < -0.4 is 0 Å². The quantitative estimate of drug-likeness (QED) is 0.674. The van der Waals surface area contributed by atoms with Gasteiger partial charge in [-0.2, -0.15) is 5.10 Å². The molecule has 0 radical (unpaired) electrons. The zero-order chi connectivity index (χ0) is 15.0. The van der Waals surface area contributed by atoms with Crippen LogP contribution in [0.2, 0.25) is 5.02 Å². The number of nitrogens with zero attached hydrogens (tertiary/aromatic N) is 2. The molecule has 21 heavy (non-hydrogen) atoms. The number of carbonyl (C=O) groups is 1. The lowest BCUT2D eigenvalue weighted by Crippen LogP contribution is -2.05. The number of carbonyl (C=O) groups excluding carboxylic acids is 1. The van der Waals surface area contributed by atoms with Crippen LogP contribution in [0.1, 0.15) is 41.4 Å². The number of benzene rings is 1. The van der Waals surface area contributed by atoms with Gasteiger partial charge in [0.05, 0.1) is 16.8 Å². The molecule has 4 heteroatoms. The maximum absolute atomic E-state index is 12.9. The molecule has 0 aliphatic heterocycles. The van der Waals surface area contributed by atoms with Gasteiger partial charge < -0.3 is 0 Å². The van der Waals surface area contributed by atoms with Gasteiger partial charge in [-0.1, -0.05) is 31.5 Å². The van der Waals surface area contributed by atoms with Crippen molar-refractivity contribution in [3.63, 3.8) is 0 Å². The fourth-order valence-corrected chi connectivity index (χ4v) is 2.53. The number of hydrogen-bond acceptors (Lipinski definition) is 2. The summed E-state index contributed by atoms with van der Waals surface area (Å²) >= 11 is 5.89. The van der Waals surface area contributed by atoms with Crippen LogP contribution >= 0.6 is 11.6 Å². The summed E-state index contributed by atoms with van der Waals surface area (Å²) < 4.78 is 1.76. The Labute approximate surface area is 128 Å². The second-order valence-electron chi connectivity index (χ2n) is 5.28. The van der Waals surface area contributed by atoms with Crippen LogP contribution in [0, 0.1) is 0 Å². The van der Waals surface area contributed by atoms with Gasteiger partial charge in [-0.05, 0) is 42.3 Å². The number of aromatic nitrogens is 2. The minimum Gasteiger partial charge on any atom is -0.288 e. The number of ketones is 1. The van der Waals surface area contributed by atoms with Gasteiger partial charge in [0.15, 0.2) is 5.78 Å². The first-order chi connectivity index (χ1) is 10.1. The first kappa shape index (κ1) is 13.8. The van der Waals surface area contributed by atoms with Crippen LogP contribution in [0.4, 0.5) is 0 Å². The highest BCUT2D eigenvalue weighted by Gasteiger charge is 2.22.